The highest BCUT2D eigenvalue weighted by atomic mass is 16.2. The Balaban J connectivity index is 2.79. The molecule has 2 amide bonds. The highest BCUT2D eigenvalue weighted by molar-refractivity contribution is 5.93. The molecule has 1 aromatic heterocycles. The molecule has 0 spiro atoms. The van der Waals surface area contributed by atoms with E-state index >= 15 is 0 Å². The van der Waals surface area contributed by atoms with Crippen LogP contribution >= 0.6 is 0 Å². The molecule has 18 heavy (non-hydrogen) atoms. The fourth-order valence-electron chi connectivity index (χ4n) is 1.23. The minimum absolute atomic E-state index is 0.0191. The lowest BCUT2D eigenvalue weighted by molar-refractivity contribution is -0.121. The maximum Gasteiger partial charge on any atom is 0.293 e. The van der Waals surface area contributed by atoms with Gasteiger partial charge in [-0.1, -0.05) is 20.8 Å². The highest BCUT2D eigenvalue weighted by Crippen LogP contribution is 2.17. The minimum atomic E-state index is -0.384. The average molecular weight is 253 g/mol. The molecule has 1 aromatic rings. The van der Waals surface area contributed by atoms with E-state index in [4.69, 9.17) is 0 Å². The quantitative estimate of drug-likeness (QED) is 0.788. The fourth-order valence-corrected chi connectivity index (χ4v) is 1.23. The SMILES string of the molecule is CNC(=O)CN(C)C(=O)c1n[nH]c(C(C)(C)C)n1. The van der Waals surface area contributed by atoms with Crippen molar-refractivity contribution in [2.75, 3.05) is 20.6 Å². The molecule has 0 aliphatic carbocycles. The van der Waals surface area contributed by atoms with Crippen molar-refractivity contribution < 1.29 is 9.59 Å². The number of likely N-dealkylation sites (N-methyl/N-ethyl adjacent to an activating group) is 2. The molecule has 100 valence electrons. The molecule has 7 heteroatoms. The number of aromatic nitrogens is 3. The molecular weight excluding hydrogens is 234 g/mol. The summed E-state index contributed by atoms with van der Waals surface area (Å²) < 4.78 is 0. The summed E-state index contributed by atoms with van der Waals surface area (Å²) in [5.41, 5.74) is -0.203. The number of carbonyl (C=O) groups excluding carboxylic acids is 2. The summed E-state index contributed by atoms with van der Waals surface area (Å²) in [6.45, 7) is 5.89. The maximum absolute atomic E-state index is 11.9. The van der Waals surface area contributed by atoms with E-state index < -0.39 is 0 Å². The standard InChI is InChI=1S/C11H19N5O2/c1-11(2,3)10-13-8(14-15-10)9(18)16(5)6-7(17)12-4/h6H2,1-5H3,(H,12,17)(H,13,14,15). The lowest BCUT2D eigenvalue weighted by Crippen LogP contribution is -2.37. The van der Waals surface area contributed by atoms with Crippen molar-refractivity contribution in [3.8, 4) is 0 Å². The van der Waals surface area contributed by atoms with Gasteiger partial charge in [-0.2, -0.15) is 0 Å². The molecule has 2 N–H and O–H groups in total. The highest BCUT2D eigenvalue weighted by Gasteiger charge is 2.23. The van der Waals surface area contributed by atoms with E-state index in [0.717, 1.165) is 0 Å². The van der Waals surface area contributed by atoms with Gasteiger partial charge in [-0.25, -0.2) is 4.98 Å². The zero-order valence-electron chi connectivity index (χ0n) is 11.4. The second-order valence-corrected chi connectivity index (χ2v) is 5.09. The van der Waals surface area contributed by atoms with Crippen LogP contribution in [-0.4, -0.2) is 52.5 Å². The number of H-pyrrole nitrogens is 1. The van der Waals surface area contributed by atoms with Crippen molar-refractivity contribution in [2.24, 2.45) is 0 Å². The summed E-state index contributed by atoms with van der Waals surface area (Å²) >= 11 is 0. The van der Waals surface area contributed by atoms with E-state index in [0.29, 0.717) is 5.82 Å². The van der Waals surface area contributed by atoms with E-state index in [1.54, 1.807) is 0 Å². The molecule has 0 aromatic carbocycles. The van der Waals surface area contributed by atoms with Crippen LogP contribution in [0, 0.1) is 0 Å². The zero-order chi connectivity index (χ0) is 13.9. The number of aromatic amines is 1. The van der Waals surface area contributed by atoms with Gasteiger partial charge in [0.15, 0.2) is 0 Å². The van der Waals surface area contributed by atoms with Crippen LogP contribution in [0.4, 0.5) is 0 Å². The largest absolute Gasteiger partial charge is 0.358 e. The first-order valence-corrected chi connectivity index (χ1v) is 5.64. The van der Waals surface area contributed by atoms with Gasteiger partial charge in [-0.3, -0.25) is 14.7 Å². The summed E-state index contributed by atoms with van der Waals surface area (Å²) in [7, 11) is 3.05. The molecule has 0 saturated heterocycles. The predicted octanol–water partition coefficient (Wildman–Crippen LogP) is -0.0798. The average Bonchev–Trinajstić information content (AvgIpc) is 2.76. The van der Waals surface area contributed by atoms with Gasteiger partial charge in [0.2, 0.25) is 11.7 Å². The molecule has 7 nitrogen and oxygen atoms in total. The van der Waals surface area contributed by atoms with Crippen LogP contribution in [0.1, 0.15) is 37.2 Å². The minimum Gasteiger partial charge on any atom is -0.358 e. The van der Waals surface area contributed by atoms with Crippen LogP contribution < -0.4 is 5.32 Å². The van der Waals surface area contributed by atoms with Crippen molar-refractivity contribution in [3.63, 3.8) is 0 Å². The summed E-state index contributed by atoms with van der Waals surface area (Å²) in [5.74, 6) is 0.0910. The first-order valence-electron chi connectivity index (χ1n) is 5.64. The molecule has 1 heterocycles. The van der Waals surface area contributed by atoms with Crippen LogP contribution in [0.3, 0.4) is 0 Å². The van der Waals surface area contributed by atoms with E-state index in [9.17, 15) is 9.59 Å². The van der Waals surface area contributed by atoms with Gasteiger partial charge in [0.25, 0.3) is 5.91 Å². The summed E-state index contributed by atoms with van der Waals surface area (Å²) in [5, 5.41) is 9.07. The molecule has 0 saturated carbocycles. The number of rotatable bonds is 3. The van der Waals surface area contributed by atoms with E-state index in [1.165, 1.54) is 19.0 Å². The molecule has 0 radical (unpaired) electrons. The summed E-state index contributed by atoms with van der Waals surface area (Å²) in [6, 6.07) is 0. The number of carbonyl (C=O) groups is 2. The van der Waals surface area contributed by atoms with Gasteiger partial charge in [0.05, 0.1) is 6.54 Å². The molecule has 0 aliphatic heterocycles. The monoisotopic (exact) mass is 253 g/mol. The molecule has 0 fully saturated rings. The molecule has 0 atom stereocenters. The Morgan fingerprint density at radius 1 is 1.39 bits per heavy atom. The Hall–Kier alpha value is -1.92. The smallest absolute Gasteiger partial charge is 0.293 e. The Morgan fingerprint density at radius 3 is 2.44 bits per heavy atom. The van der Waals surface area contributed by atoms with E-state index in [1.807, 2.05) is 20.8 Å². The van der Waals surface area contributed by atoms with Crippen molar-refractivity contribution in [3.05, 3.63) is 11.6 Å². The Bertz CT molecular complexity index is 447. The van der Waals surface area contributed by atoms with Gasteiger partial charge in [-0.05, 0) is 0 Å². The number of hydrogen-bond acceptors (Lipinski definition) is 4. The third kappa shape index (κ3) is 3.28. The van der Waals surface area contributed by atoms with Crippen LogP contribution in [0.15, 0.2) is 0 Å². The molecule has 0 unspecified atom stereocenters. The van der Waals surface area contributed by atoms with Crippen molar-refractivity contribution in [1.29, 1.82) is 0 Å². The summed E-state index contributed by atoms with van der Waals surface area (Å²) in [6.07, 6.45) is 0. The van der Waals surface area contributed by atoms with Crippen LogP contribution in [0.2, 0.25) is 0 Å². The van der Waals surface area contributed by atoms with Crippen molar-refractivity contribution in [1.82, 2.24) is 25.4 Å². The Kier molecular flexibility index (Phi) is 4.05. The lowest BCUT2D eigenvalue weighted by atomic mass is 9.96. The predicted molar refractivity (Wildman–Crippen MR) is 66.1 cm³/mol. The van der Waals surface area contributed by atoms with Gasteiger partial charge >= 0.3 is 0 Å². The Morgan fingerprint density at radius 2 is 2.00 bits per heavy atom. The van der Waals surface area contributed by atoms with Crippen LogP contribution in [0.25, 0.3) is 0 Å². The fraction of sp³-hybridized carbons (Fsp3) is 0.636. The van der Waals surface area contributed by atoms with Crippen molar-refractivity contribution in [2.45, 2.75) is 26.2 Å². The number of nitrogens with zero attached hydrogens (tertiary/aromatic N) is 3. The second-order valence-electron chi connectivity index (χ2n) is 5.09. The van der Waals surface area contributed by atoms with Gasteiger partial charge in [0.1, 0.15) is 5.82 Å². The third-order valence-corrected chi connectivity index (χ3v) is 2.39. The molecule has 0 aliphatic rings. The first kappa shape index (κ1) is 14.1. The van der Waals surface area contributed by atoms with Gasteiger partial charge in [0, 0.05) is 19.5 Å². The topological polar surface area (TPSA) is 91.0 Å². The lowest BCUT2D eigenvalue weighted by Gasteiger charge is -2.14. The molecular formula is C11H19N5O2. The summed E-state index contributed by atoms with van der Waals surface area (Å²) in [4.78, 5) is 28.5. The van der Waals surface area contributed by atoms with E-state index in [2.05, 4.69) is 20.5 Å². The van der Waals surface area contributed by atoms with E-state index in [-0.39, 0.29) is 29.6 Å². The first-order chi connectivity index (χ1) is 8.25. The maximum atomic E-state index is 11.9. The zero-order valence-corrected chi connectivity index (χ0v) is 11.4. The third-order valence-electron chi connectivity index (χ3n) is 2.39. The molecule has 0 bridgehead atoms. The normalized spacial score (nSPS) is 11.2. The van der Waals surface area contributed by atoms with Crippen molar-refractivity contribution >= 4 is 11.8 Å². The van der Waals surface area contributed by atoms with Gasteiger partial charge < -0.3 is 10.2 Å². The number of hydrogen-bond donors (Lipinski definition) is 2. The van der Waals surface area contributed by atoms with Gasteiger partial charge in [-0.15, -0.1) is 5.10 Å². The second kappa shape index (κ2) is 5.16. The molecule has 1 rings (SSSR count). The number of nitrogens with one attached hydrogen (secondary N) is 2. The van der Waals surface area contributed by atoms with Crippen LogP contribution in [0.5, 0.6) is 0 Å². The Labute approximate surface area is 106 Å². The number of amides is 2. The van der Waals surface area contributed by atoms with Crippen LogP contribution in [-0.2, 0) is 10.2 Å².